The van der Waals surface area contributed by atoms with Gasteiger partial charge in [0, 0.05) is 38.0 Å². The van der Waals surface area contributed by atoms with E-state index in [9.17, 15) is 9.59 Å². The number of aryl methyl sites for hydroxylation is 1. The van der Waals surface area contributed by atoms with E-state index in [4.69, 9.17) is 4.74 Å². The van der Waals surface area contributed by atoms with Crippen LogP contribution in [-0.4, -0.2) is 56.6 Å². The van der Waals surface area contributed by atoms with E-state index in [1.54, 1.807) is 13.2 Å². The van der Waals surface area contributed by atoms with Gasteiger partial charge < -0.3 is 20.3 Å². The van der Waals surface area contributed by atoms with Crippen LogP contribution in [0.4, 0.5) is 5.69 Å². The summed E-state index contributed by atoms with van der Waals surface area (Å²) >= 11 is 0. The Balaban J connectivity index is 1.91. The minimum atomic E-state index is -0.108. The van der Waals surface area contributed by atoms with Crippen LogP contribution < -0.4 is 10.6 Å². The predicted octanol–water partition coefficient (Wildman–Crippen LogP) is 2.04. The maximum Gasteiger partial charge on any atom is 0.253 e. The second kappa shape index (κ2) is 9.53. The van der Waals surface area contributed by atoms with Crippen molar-refractivity contribution in [1.29, 1.82) is 0 Å². The zero-order valence-electron chi connectivity index (χ0n) is 15.4. The van der Waals surface area contributed by atoms with Crippen LogP contribution in [0.1, 0.15) is 35.7 Å². The summed E-state index contributed by atoms with van der Waals surface area (Å²) in [6, 6.07) is 5.46. The Labute approximate surface area is 149 Å². The first-order valence-electron chi connectivity index (χ1n) is 8.90. The quantitative estimate of drug-likeness (QED) is 0.741. The Bertz CT molecular complexity index is 596. The molecule has 0 bridgehead atoms. The van der Waals surface area contributed by atoms with Crippen molar-refractivity contribution < 1.29 is 14.3 Å². The van der Waals surface area contributed by atoms with E-state index in [1.807, 2.05) is 24.0 Å². The van der Waals surface area contributed by atoms with Crippen molar-refractivity contribution in [3.63, 3.8) is 0 Å². The van der Waals surface area contributed by atoms with E-state index in [1.165, 1.54) is 0 Å². The maximum atomic E-state index is 12.6. The number of likely N-dealkylation sites (tertiary alicyclic amines) is 1. The molecule has 0 atom stereocenters. The molecule has 1 aliphatic heterocycles. The first kappa shape index (κ1) is 19.4. The molecule has 1 aromatic carbocycles. The number of rotatable bonds is 7. The topological polar surface area (TPSA) is 70.7 Å². The monoisotopic (exact) mass is 347 g/mol. The normalized spacial score (nSPS) is 15.2. The average molecular weight is 347 g/mol. The van der Waals surface area contributed by atoms with Crippen LogP contribution in [0.2, 0.25) is 0 Å². The third-order valence-corrected chi connectivity index (χ3v) is 4.59. The van der Waals surface area contributed by atoms with Crippen molar-refractivity contribution in [2.45, 2.75) is 26.7 Å². The molecule has 0 saturated carbocycles. The highest BCUT2D eigenvalue weighted by Crippen LogP contribution is 2.21. The molecule has 0 aromatic heterocycles. The number of nitrogens with zero attached hydrogens (tertiary/aromatic N) is 1. The lowest BCUT2D eigenvalue weighted by Gasteiger charge is -2.30. The van der Waals surface area contributed by atoms with Crippen molar-refractivity contribution in [2.75, 3.05) is 45.2 Å². The number of hydrogen-bond donors (Lipinski definition) is 2. The van der Waals surface area contributed by atoms with E-state index >= 15 is 0 Å². The summed E-state index contributed by atoms with van der Waals surface area (Å²) in [6.07, 6.45) is 2.13. The molecule has 1 fully saturated rings. The number of nitrogens with one attached hydrogen (secondary N) is 2. The minimum absolute atomic E-state index is 0.0779. The summed E-state index contributed by atoms with van der Waals surface area (Å²) in [7, 11) is 1.62. The molecule has 1 aliphatic rings. The van der Waals surface area contributed by atoms with E-state index in [2.05, 4.69) is 17.6 Å². The second-order valence-corrected chi connectivity index (χ2v) is 6.72. The lowest BCUT2D eigenvalue weighted by molar-refractivity contribution is -0.115. The van der Waals surface area contributed by atoms with E-state index in [-0.39, 0.29) is 18.4 Å². The van der Waals surface area contributed by atoms with Crippen LogP contribution in [0.3, 0.4) is 0 Å². The van der Waals surface area contributed by atoms with Crippen LogP contribution in [0.15, 0.2) is 18.2 Å². The van der Waals surface area contributed by atoms with Crippen molar-refractivity contribution >= 4 is 17.5 Å². The van der Waals surface area contributed by atoms with E-state index < -0.39 is 0 Å². The maximum absolute atomic E-state index is 12.6. The SMILES string of the molecule is COCCNCC(=O)Nc1ccc(C(=O)N2CCC(C)CC2)cc1C. The fraction of sp³-hybridized carbons (Fsp3) is 0.579. The van der Waals surface area contributed by atoms with Gasteiger partial charge in [-0.05, 0) is 49.4 Å². The summed E-state index contributed by atoms with van der Waals surface area (Å²) in [6.45, 7) is 7.21. The highest BCUT2D eigenvalue weighted by Gasteiger charge is 2.21. The number of ether oxygens (including phenoxy) is 1. The first-order chi connectivity index (χ1) is 12.0. The Morgan fingerprint density at radius 1 is 1.28 bits per heavy atom. The van der Waals surface area contributed by atoms with Crippen molar-refractivity contribution in [1.82, 2.24) is 10.2 Å². The Kier molecular flexibility index (Phi) is 7.40. The third-order valence-electron chi connectivity index (χ3n) is 4.59. The van der Waals surface area contributed by atoms with Crippen molar-refractivity contribution in [3.05, 3.63) is 29.3 Å². The zero-order chi connectivity index (χ0) is 18.2. The molecule has 0 unspecified atom stereocenters. The first-order valence-corrected chi connectivity index (χ1v) is 8.90. The van der Waals surface area contributed by atoms with Gasteiger partial charge in [0.15, 0.2) is 0 Å². The molecule has 6 nitrogen and oxygen atoms in total. The van der Waals surface area contributed by atoms with Crippen LogP contribution in [-0.2, 0) is 9.53 Å². The van der Waals surface area contributed by atoms with Gasteiger partial charge in [0.05, 0.1) is 13.2 Å². The standard InChI is InChI=1S/C19H29N3O3/c1-14-6-9-22(10-7-14)19(24)16-4-5-17(15(2)12-16)21-18(23)13-20-8-11-25-3/h4-5,12,14,20H,6-11,13H2,1-3H3,(H,21,23). The molecule has 1 saturated heterocycles. The minimum Gasteiger partial charge on any atom is -0.383 e. The highest BCUT2D eigenvalue weighted by atomic mass is 16.5. The summed E-state index contributed by atoms with van der Waals surface area (Å²) in [4.78, 5) is 26.5. The number of benzene rings is 1. The molecule has 0 spiro atoms. The number of amides is 2. The second-order valence-electron chi connectivity index (χ2n) is 6.72. The molecule has 0 aliphatic carbocycles. The summed E-state index contributed by atoms with van der Waals surface area (Å²) in [5.41, 5.74) is 2.31. The van der Waals surface area contributed by atoms with Gasteiger partial charge in [-0.15, -0.1) is 0 Å². The summed E-state index contributed by atoms with van der Waals surface area (Å²) < 4.78 is 4.92. The number of hydrogen-bond acceptors (Lipinski definition) is 4. The highest BCUT2D eigenvalue weighted by molar-refractivity contribution is 5.97. The summed E-state index contributed by atoms with van der Waals surface area (Å²) in [5, 5.41) is 5.88. The molecule has 138 valence electrons. The third kappa shape index (κ3) is 5.83. The summed E-state index contributed by atoms with van der Waals surface area (Å²) in [5.74, 6) is 0.665. The van der Waals surface area contributed by atoms with Gasteiger partial charge in [-0.1, -0.05) is 6.92 Å². The molecule has 1 heterocycles. The van der Waals surface area contributed by atoms with Gasteiger partial charge in [-0.3, -0.25) is 9.59 Å². The molecule has 1 aromatic rings. The number of methoxy groups -OCH3 is 1. The predicted molar refractivity (Wildman–Crippen MR) is 98.9 cm³/mol. The van der Waals surface area contributed by atoms with Gasteiger partial charge >= 0.3 is 0 Å². The van der Waals surface area contributed by atoms with Crippen molar-refractivity contribution in [2.24, 2.45) is 5.92 Å². The largest absolute Gasteiger partial charge is 0.383 e. The van der Waals surface area contributed by atoms with Crippen LogP contribution >= 0.6 is 0 Å². The van der Waals surface area contributed by atoms with E-state index in [0.29, 0.717) is 24.6 Å². The Morgan fingerprint density at radius 3 is 2.64 bits per heavy atom. The van der Waals surface area contributed by atoms with Crippen molar-refractivity contribution in [3.8, 4) is 0 Å². The van der Waals surface area contributed by atoms with Gasteiger partial charge in [0.1, 0.15) is 0 Å². The molecular formula is C19H29N3O3. The molecule has 6 heteroatoms. The van der Waals surface area contributed by atoms with Gasteiger partial charge in [-0.25, -0.2) is 0 Å². The molecule has 25 heavy (non-hydrogen) atoms. The van der Waals surface area contributed by atoms with Gasteiger partial charge in [-0.2, -0.15) is 0 Å². The smallest absolute Gasteiger partial charge is 0.253 e. The zero-order valence-corrected chi connectivity index (χ0v) is 15.4. The molecule has 0 radical (unpaired) electrons. The van der Waals surface area contributed by atoms with Gasteiger partial charge in [0.25, 0.3) is 5.91 Å². The molecule has 2 N–H and O–H groups in total. The fourth-order valence-electron chi connectivity index (χ4n) is 2.90. The van der Waals surface area contributed by atoms with Crippen LogP contribution in [0.25, 0.3) is 0 Å². The average Bonchev–Trinajstić information content (AvgIpc) is 2.60. The lowest BCUT2D eigenvalue weighted by Crippen LogP contribution is -2.37. The number of anilines is 1. The van der Waals surface area contributed by atoms with Crippen LogP contribution in [0, 0.1) is 12.8 Å². The fourth-order valence-corrected chi connectivity index (χ4v) is 2.90. The van der Waals surface area contributed by atoms with E-state index in [0.717, 1.165) is 37.2 Å². The Morgan fingerprint density at radius 2 is 2.00 bits per heavy atom. The Hall–Kier alpha value is -1.92. The molecule has 2 amide bonds. The van der Waals surface area contributed by atoms with Crippen LogP contribution in [0.5, 0.6) is 0 Å². The molecule has 2 rings (SSSR count). The number of piperidine rings is 1. The number of carbonyl (C=O) groups is 2. The number of carbonyl (C=O) groups excluding carboxylic acids is 2. The molecular weight excluding hydrogens is 318 g/mol. The lowest BCUT2D eigenvalue weighted by atomic mass is 9.98. The van der Waals surface area contributed by atoms with Gasteiger partial charge in [0.2, 0.25) is 5.91 Å².